The zero-order valence-electron chi connectivity index (χ0n) is 11.4. The van der Waals surface area contributed by atoms with Crippen molar-refractivity contribution in [3.63, 3.8) is 0 Å². The van der Waals surface area contributed by atoms with Crippen LogP contribution in [0.25, 0.3) is 0 Å². The van der Waals surface area contributed by atoms with Crippen molar-refractivity contribution >= 4 is 11.9 Å². The van der Waals surface area contributed by atoms with Crippen LogP contribution in [0.2, 0.25) is 0 Å². The van der Waals surface area contributed by atoms with Gasteiger partial charge < -0.3 is 21.1 Å². The summed E-state index contributed by atoms with van der Waals surface area (Å²) in [5.41, 5.74) is 4.05. The van der Waals surface area contributed by atoms with E-state index in [9.17, 15) is 14.7 Å². The molecule has 0 aliphatic carbocycles. The fraction of sp³-hybridized carbons (Fsp3) is 0.429. The van der Waals surface area contributed by atoms with Gasteiger partial charge in [-0.15, -0.1) is 0 Å². The molecule has 1 heterocycles. The van der Waals surface area contributed by atoms with Gasteiger partial charge in [-0.1, -0.05) is 30.3 Å². The van der Waals surface area contributed by atoms with E-state index in [4.69, 9.17) is 5.73 Å². The number of aliphatic hydroxyl groups is 1. The van der Waals surface area contributed by atoms with Gasteiger partial charge in [-0.25, -0.2) is 4.79 Å². The first-order valence-corrected chi connectivity index (χ1v) is 6.54. The van der Waals surface area contributed by atoms with Crippen LogP contribution >= 0.6 is 0 Å². The number of primary amides is 1. The number of hydrogen-bond acceptors (Lipinski definition) is 3. The third-order valence-electron chi connectivity index (χ3n) is 3.57. The molecule has 0 aromatic heterocycles. The molecule has 1 aromatic rings. The van der Waals surface area contributed by atoms with E-state index in [-0.39, 0.29) is 11.9 Å². The summed E-state index contributed by atoms with van der Waals surface area (Å²) < 4.78 is 0. The van der Waals surface area contributed by atoms with Crippen LogP contribution in [-0.4, -0.2) is 41.1 Å². The van der Waals surface area contributed by atoms with Gasteiger partial charge >= 0.3 is 6.03 Å². The highest BCUT2D eigenvalue weighted by molar-refractivity contribution is 5.86. The van der Waals surface area contributed by atoms with Crippen LogP contribution in [0.3, 0.4) is 0 Å². The van der Waals surface area contributed by atoms with Gasteiger partial charge in [-0.05, 0) is 18.9 Å². The lowest BCUT2D eigenvalue weighted by Crippen LogP contribution is -2.46. The van der Waals surface area contributed by atoms with Gasteiger partial charge in [0, 0.05) is 19.1 Å². The maximum Gasteiger partial charge on any atom is 0.312 e. The molecule has 4 N–H and O–H groups in total. The van der Waals surface area contributed by atoms with E-state index in [1.54, 1.807) is 29.2 Å². The van der Waals surface area contributed by atoms with Gasteiger partial charge in [-0.3, -0.25) is 4.79 Å². The lowest BCUT2D eigenvalue weighted by Gasteiger charge is -2.28. The molecular weight excluding hydrogens is 258 g/mol. The molecule has 20 heavy (non-hydrogen) atoms. The number of likely N-dealkylation sites (tertiary alicyclic amines) is 1. The Bertz CT molecular complexity index is 502. The van der Waals surface area contributed by atoms with Gasteiger partial charge in [0.2, 0.25) is 0 Å². The topological polar surface area (TPSA) is 95.7 Å². The van der Waals surface area contributed by atoms with E-state index in [1.807, 2.05) is 6.07 Å². The van der Waals surface area contributed by atoms with Crippen molar-refractivity contribution in [2.75, 3.05) is 13.1 Å². The summed E-state index contributed by atoms with van der Waals surface area (Å²) in [6.45, 7) is 2.34. The summed E-state index contributed by atoms with van der Waals surface area (Å²) in [5.74, 6) is -0.363. The third-order valence-corrected chi connectivity index (χ3v) is 3.57. The molecule has 2 rings (SSSR count). The van der Waals surface area contributed by atoms with E-state index >= 15 is 0 Å². The van der Waals surface area contributed by atoms with Crippen molar-refractivity contribution in [2.24, 2.45) is 5.73 Å². The molecule has 1 aromatic carbocycles. The number of nitrogens with zero attached hydrogens (tertiary/aromatic N) is 1. The van der Waals surface area contributed by atoms with Crippen LogP contribution in [0.15, 0.2) is 30.3 Å². The monoisotopic (exact) mass is 277 g/mol. The van der Waals surface area contributed by atoms with Crippen LogP contribution in [0.4, 0.5) is 4.79 Å². The Hall–Kier alpha value is -2.08. The number of nitrogens with two attached hydrogens (primary N) is 1. The lowest BCUT2D eigenvalue weighted by molar-refractivity contribution is -0.149. The fourth-order valence-electron chi connectivity index (χ4n) is 2.46. The first kappa shape index (κ1) is 14.3. The van der Waals surface area contributed by atoms with E-state index in [0.29, 0.717) is 25.1 Å². The molecule has 0 saturated carbocycles. The minimum Gasteiger partial charge on any atom is -0.376 e. The predicted octanol–water partition coefficient (Wildman–Crippen LogP) is 0.163. The molecule has 0 radical (unpaired) electrons. The summed E-state index contributed by atoms with van der Waals surface area (Å²) in [6.07, 6.45) is 0.638. The minimum atomic E-state index is -1.57. The molecule has 1 saturated heterocycles. The second kappa shape index (κ2) is 5.50. The Morgan fingerprint density at radius 2 is 2.05 bits per heavy atom. The average Bonchev–Trinajstić information content (AvgIpc) is 2.86. The highest BCUT2D eigenvalue weighted by Crippen LogP contribution is 2.25. The van der Waals surface area contributed by atoms with Crippen molar-refractivity contribution in [2.45, 2.75) is 25.0 Å². The SMILES string of the molecule is CC(O)(C(=O)N1CC[C@@H](NC(N)=O)C1)c1ccccc1. The molecule has 0 bridgehead atoms. The normalized spacial score (nSPS) is 21.3. The average molecular weight is 277 g/mol. The van der Waals surface area contributed by atoms with Gasteiger partial charge in [-0.2, -0.15) is 0 Å². The molecule has 108 valence electrons. The van der Waals surface area contributed by atoms with E-state index in [1.165, 1.54) is 6.92 Å². The van der Waals surface area contributed by atoms with Crippen LogP contribution in [0, 0.1) is 0 Å². The molecule has 6 heteroatoms. The number of rotatable bonds is 3. The molecule has 2 atom stereocenters. The van der Waals surface area contributed by atoms with Crippen molar-refractivity contribution in [1.29, 1.82) is 0 Å². The lowest BCUT2D eigenvalue weighted by atomic mass is 9.94. The maximum atomic E-state index is 12.4. The van der Waals surface area contributed by atoms with Gasteiger partial charge in [0.15, 0.2) is 5.60 Å². The Morgan fingerprint density at radius 3 is 2.65 bits per heavy atom. The van der Waals surface area contributed by atoms with Crippen LogP contribution in [0.1, 0.15) is 18.9 Å². The zero-order valence-corrected chi connectivity index (χ0v) is 11.4. The Kier molecular flexibility index (Phi) is 3.94. The summed E-state index contributed by atoms with van der Waals surface area (Å²) in [6, 6.07) is 8.06. The summed E-state index contributed by atoms with van der Waals surface area (Å²) in [4.78, 5) is 24.8. The van der Waals surface area contributed by atoms with Gasteiger partial charge in [0.25, 0.3) is 5.91 Å². The largest absolute Gasteiger partial charge is 0.376 e. The Morgan fingerprint density at radius 1 is 1.40 bits per heavy atom. The van der Waals surface area contributed by atoms with Crippen molar-refractivity contribution in [3.8, 4) is 0 Å². The quantitative estimate of drug-likeness (QED) is 0.734. The number of hydrogen-bond donors (Lipinski definition) is 3. The molecule has 1 unspecified atom stereocenters. The number of nitrogens with one attached hydrogen (secondary N) is 1. The highest BCUT2D eigenvalue weighted by atomic mass is 16.3. The first-order chi connectivity index (χ1) is 9.41. The molecule has 3 amide bonds. The summed E-state index contributed by atoms with van der Waals surface area (Å²) in [5, 5.41) is 13.1. The van der Waals surface area contributed by atoms with Gasteiger partial charge in [0.1, 0.15) is 0 Å². The van der Waals surface area contributed by atoms with E-state index < -0.39 is 11.6 Å². The fourth-order valence-corrected chi connectivity index (χ4v) is 2.46. The third kappa shape index (κ3) is 2.91. The van der Waals surface area contributed by atoms with Crippen LogP contribution < -0.4 is 11.1 Å². The second-order valence-corrected chi connectivity index (χ2v) is 5.18. The van der Waals surface area contributed by atoms with Crippen LogP contribution in [0.5, 0.6) is 0 Å². The smallest absolute Gasteiger partial charge is 0.312 e. The number of carbonyl (C=O) groups is 2. The molecular formula is C14H19N3O3. The standard InChI is InChI=1S/C14H19N3O3/c1-14(20,10-5-3-2-4-6-10)12(18)17-8-7-11(9-17)16-13(15)19/h2-6,11,20H,7-9H2,1H3,(H3,15,16,19)/t11-,14?/m1/s1. The van der Waals surface area contributed by atoms with E-state index in [2.05, 4.69) is 5.32 Å². The van der Waals surface area contributed by atoms with Crippen molar-refractivity contribution in [1.82, 2.24) is 10.2 Å². The van der Waals surface area contributed by atoms with Crippen molar-refractivity contribution < 1.29 is 14.7 Å². The van der Waals surface area contributed by atoms with Gasteiger partial charge in [0.05, 0.1) is 0 Å². The molecule has 1 aliphatic heterocycles. The summed E-state index contributed by atoms with van der Waals surface area (Å²) >= 11 is 0. The Balaban J connectivity index is 2.07. The molecule has 6 nitrogen and oxygen atoms in total. The molecule has 1 aliphatic rings. The van der Waals surface area contributed by atoms with E-state index in [0.717, 1.165) is 0 Å². The van der Waals surface area contributed by atoms with Crippen LogP contribution in [-0.2, 0) is 10.4 Å². The molecule has 1 fully saturated rings. The highest BCUT2D eigenvalue weighted by Gasteiger charge is 2.39. The number of benzene rings is 1. The number of urea groups is 1. The summed E-state index contributed by atoms with van der Waals surface area (Å²) in [7, 11) is 0. The van der Waals surface area contributed by atoms with Crippen molar-refractivity contribution in [3.05, 3.63) is 35.9 Å². The molecule has 0 spiro atoms. The number of carbonyl (C=O) groups excluding carboxylic acids is 2. The maximum absolute atomic E-state index is 12.4. The minimum absolute atomic E-state index is 0.150. The Labute approximate surface area is 117 Å². The predicted molar refractivity (Wildman–Crippen MR) is 73.7 cm³/mol. The number of amides is 3. The first-order valence-electron chi connectivity index (χ1n) is 6.54. The second-order valence-electron chi connectivity index (χ2n) is 5.18. The zero-order chi connectivity index (χ0) is 14.8.